The van der Waals surface area contributed by atoms with Gasteiger partial charge in [0.1, 0.15) is 5.41 Å². The van der Waals surface area contributed by atoms with Crippen molar-refractivity contribution in [2.75, 3.05) is 0 Å². The van der Waals surface area contributed by atoms with E-state index >= 15 is 0 Å². The van der Waals surface area contributed by atoms with Gasteiger partial charge in [0.2, 0.25) is 5.91 Å². The summed E-state index contributed by atoms with van der Waals surface area (Å²) in [5, 5.41) is 18.1. The average molecular weight is 204 g/mol. The number of nitriles is 1. The van der Waals surface area contributed by atoms with Crippen LogP contribution in [0.1, 0.15) is 24.8 Å². The summed E-state index contributed by atoms with van der Waals surface area (Å²) in [7, 11) is 0. The first-order valence-corrected chi connectivity index (χ1v) is 4.94. The van der Waals surface area contributed by atoms with Crippen molar-refractivity contribution in [1.29, 1.82) is 5.26 Å². The maximum atomic E-state index is 11.7. The van der Waals surface area contributed by atoms with Crippen LogP contribution in [0.2, 0.25) is 0 Å². The normalized spacial score (nSPS) is 17.5. The van der Waals surface area contributed by atoms with Crippen molar-refractivity contribution in [2.45, 2.75) is 25.8 Å². The molecule has 15 heavy (non-hydrogen) atoms. The predicted molar refractivity (Wildman–Crippen MR) is 52.3 cm³/mol. The lowest BCUT2D eigenvalue weighted by Crippen LogP contribution is -2.44. The summed E-state index contributed by atoms with van der Waals surface area (Å²) >= 11 is 0. The number of carbonyl (C=O) groups is 1. The van der Waals surface area contributed by atoms with E-state index in [2.05, 4.69) is 21.6 Å². The Morgan fingerprint density at radius 2 is 2.53 bits per heavy atom. The Hall–Kier alpha value is -1.83. The van der Waals surface area contributed by atoms with Gasteiger partial charge in [-0.2, -0.15) is 10.4 Å². The molecule has 0 bridgehead atoms. The number of hydrogen-bond donors (Lipinski definition) is 2. The number of amides is 1. The number of aromatic nitrogens is 2. The summed E-state index contributed by atoms with van der Waals surface area (Å²) in [5.41, 5.74) is 0.153. The van der Waals surface area contributed by atoms with Gasteiger partial charge in [0, 0.05) is 18.3 Å². The van der Waals surface area contributed by atoms with Gasteiger partial charge in [0.15, 0.2) is 0 Å². The Bertz CT molecular complexity index is 386. The largest absolute Gasteiger partial charge is 0.351 e. The van der Waals surface area contributed by atoms with E-state index in [9.17, 15) is 4.79 Å². The quantitative estimate of drug-likeness (QED) is 0.761. The molecule has 1 aromatic rings. The molecule has 1 aliphatic carbocycles. The van der Waals surface area contributed by atoms with Gasteiger partial charge in [-0.25, -0.2) is 0 Å². The van der Waals surface area contributed by atoms with E-state index < -0.39 is 5.41 Å². The molecular formula is C10H12N4O. The molecule has 1 heterocycles. The summed E-state index contributed by atoms with van der Waals surface area (Å²) in [6, 6.07) is 2.11. The van der Waals surface area contributed by atoms with Crippen LogP contribution in [0.5, 0.6) is 0 Å². The molecule has 78 valence electrons. The van der Waals surface area contributed by atoms with E-state index in [0.29, 0.717) is 19.4 Å². The third kappa shape index (κ3) is 1.71. The first-order chi connectivity index (χ1) is 7.27. The fraction of sp³-hybridized carbons (Fsp3) is 0.500. The third-order valence-corrected chi connectivity index (χ3v) is 2.86. The molecule has 1 aliphatic rings. The minimum Gasteiger partial charge on any atom is -0.351 e. The van der Waals surface area contributed by atoms with Crippen LogP contribution in [0, 0.1) is 16.7 Å². The smallest absolute Gasteiger partial charge is 0.240 e. The zero-order valence-electron chi connectivity index (χ0n) is 8.29. The Morgan fingerprint density at radius 3 is 3.00 bits per heavy atom. The van der Waals surface area contributed by atoms with Crippen molar-refractivity contribution >= 4 is 5.91 Å². The summed E-state index contributed by atoms with van der Waals surface area (Å²) in [4.78, 5) is 11.7. The van der Waals surface area contributed by atoms with Crippen LogP contribution in [0.15, 0.2) is 12.4 Å². The van der Waals surface area contributed by atoms with Crippen LogP contribution in [0.3, 0.4) is 0 Å². The highest BCUT2D eigenvalue weighted by Gasteiger charge is 2.44. The summed E-state index contributed by atoms with van der Waals surface area (Å²) in [5.74, 6) is -0.155. The molecule has 0 atom stereocenters. The van der Waals surface area contributed by atoms with Crippen molar-refractivity contribution in [1.82, 2.24) is 15.5 Å². The highest BCUT2D eigenvalue weighted by Crippen LogP contribution is 2.40. The molecule has 0 aliphatic heterocycles. The average Bonchev–Trinajstić information content (AvgIpc) is 2.66. The summed E-state index contributed by atoms with van der Waals surface area (Å²) in [6.45, 7) is 0.429. The third-order valence-electron chi connectivity index (χ3n) is 2.86. The molecule has 0 unspecified atom stereocenters. The van der Waals surface area contributed by atoms with Gasteiger partial charge in [-0.15, -0.1) is 0 Å². The molecule has 0 aromatic carbocycles. The maximum absolute atomic E-state index is 11.7. The van der Waals surface area contributed by atoms with Crippen LogP contribution in [-0.4, -0.2) is 16.1 Å². The van der Waals surface area contributed by atoms with Crippen molar-refractivity contribution in [3.63, 3.8) is 0 Å². The second-order valence-corrected chi connectivity index (χ2v) is 3.84. The van der Waals surface area contributed by atoms with Gasteiger partial charge >= 0.3 is 0 Å². The van der Waals surface area contributed by atoms with Gasteiger partial charge in [0.05, 0.1) is 12.3 Å². The van der Waals surface area contributed by atoms with Gasteiger partial charge in [-0.1, -0.05) is 0 Å². The van der Waals surface area contributed by atoms with Crippen LogP contribution < -0.4 is 5.32 Å². The first-order valence-electron chi connectivity index (χ1n) is 4.94. The van der Waals surface area contributed by atoms with Gasteiger partial charge < -0.3 is 5.32 Å². The van der Waals surface area contributed by atoms with Crippen LogP contribution in [0.25, 0.3) is 0 Å². The minimum atomic E-state index is -0.760. The second-order valence-electron chi connectivity index (χ2n) is 3.84. The van der Waals surface area contributed by atoms with Crippen molar-refractivity contribution in [3.05, 3.63) is 18.0 Å². The highest BCUT2D eigenvalue weighted by molar-refractivity contribution is 5.86. The first kappa shape index (κ1) is 9.71. The molecule has 0 radical (unpaired) electrons. The van der Waals surface area contributed by atoms with Crippen LogP contribution in [-0.2, 0) is 11.3 Å². The zero-order valence-corrected chi connectivity index (χ0v) is 8.29. The van der Waals surface area contributed by atoms with E-state index in [1.54, 1.807) is 12.4 Å². The van der Waals surface area contributed by atoms with Crippen LogP contribution in [0.4, 0.5) is 0 Å². The van der Waals surface area contributed by atoms with E-state index in [1.807, 2.05) is 0 Å². The Labute approximate surface area is 87.5 Å². The molecule has 0 saturated heterocycles. The Kier molecular flexibility index (Phi) is 2.42. The number of aromatic amines is 1. The Morgan fingerprint density at radius 1 is 1.73 bits per heavy atom. The van der Waals surface area contributed by atoms with Gasteiger partial charge in [-0.3, -0.25) is 9.89 Å². The highest BCUT2D eigenvalue weighted by atomic mass is 16.2. The summed E-state index contributed by atoms with van der Waals surface area (Å²) in [6.07, 6.45) is 5.70. The van der Waals surface area contributed by atoms with Gasteiger partial charge in [-0.05, 0) is 19.3 Å². The molecular weight excluding hydrogens is 192 g/mol. The number of carbonyl (C=O) groups excluding carboxylic acids is 1. The van der Waals surface area contributed by atoms with Crippen molar-refractivity contribution in [2.24, 2.45) is 5.41 Å². The predicted octanol–water partition coefficient (Wildman–Crippen LogP) is 0.720. The Balaban J connectivity index is 1.90. The molecule has 1 fully saturated rings. The lowest BCUT2D eigenvalue weighted by atomic mass is 9.69. The molecule has 1 saturated carbocycles. The standard InChI is InChI=1S/C10H12N4O/c11-7-10(2-1-3-10)9(15)12-4-8-5-13-14-6-8/h5-6H,1-4H2,(H,12,15)(H,13,14). The number of rotatable bonds is 3. The molecule has 1 aromatic heterocycles. The maximum Gasteiger partial charge on any atom is 0.240 e. The number of H-pyrrole nitrogens is 1. The van der Waals surface area contributed by atoms with E-state index in [1.165, 1.54) is 0 Å². The van der Waals surface area contributed by atoms with E-state index in [4.69, 9.17) is 5.26 Å². The fourth-order valence-electron chi connectivity index (χ4n) is 1.65. The molecule has 2 rings (SSSR count). The lowest BCUT2D eigenvalue weighted by Gasteiger charge is -2.33. The van der Waals surface area contributed by atoms with Crippen LogP contribution >= 0.6 is 0 Å². The molecule has 2 N–H and O–H groups in total. The molecule has 5 nitrogen and oxygen atoms in total. The monoisotopic (exact) mass is 204 g/mol. The van der Waals surface area contributed by atoms with Crippen molar-refractivity contribution in [3.8, 4) is 6.07 Å². The molecule has 0 spiro atoms. The van der Waals surface area contributed by atoms with Gasteiger partial charge in [0.25, 0.3) is 0 Å². The number of nitrogens with one attached hydrogen (secondary N) is 2. The summed E-state index contributed by atoms with van der Waals surface area (Å²) < 4.78 is 0. The van der Waals surface area contributed by atoms with Crippen molar-refractivity contribution < 1.29 is 4.79 Å². The topological polar surface area (TPSA) is 81.6 Å². The fourth-order valence-corrected chi connectivity index (χ4v) is 1.65. The molecule has 1 amide bonds. The lowest BCUT2D eigenvalue weighted by molar-refractivity contribution is -0.131. The number of hydrogen-bond acceptors (Lipinski definition) is 3. The molecule has 5 heteroatoms. The minimum absolute atomic E-state index is 0.155. The SMILES string of the molecule is N#CC1(C(=O)NCc2cn[nH]c2)CCC1. The van der Waals surface area contributed by atoms with E-state index in [0.717, 1.165) is 12.0 Å². The number of nitrogens with zero attached hydrogens (tertiary/aromatic N) is 2. The zero-order chi connectivity index (χ0) is 10.7. The second kappa shape index (κ2) is 3.73. The van der Waals surface area contributed by atoms with E-state index in [-0.39, 0.29) is 5.91 Å².